The van der Waals surface area contributed by atoms with E-state index >= 15 is 0 Å². The third kappa shape index (κ3) is 1.85. The molecule has 3 nitrogen and oxygen atoms in total. The number of methoxy groups -OCH3 is 1. The molecule has 0 radical (unpaired) electrons. The second-order valence-corrected chi connectivity index (χ2v) is 2.18. The van der Waals surface area contributed by atoms with Crippen molar-refractivity contribution in [3.63, 3.8) is 0 Å². The highest BCUT2D eigenvalue weighted by atomic mass is 19.1. The van der Waals surface area contributed by atoms with Crippen LogP contribution in [0.25, 0.3) is 0 Å². The van der Waals surface area contributed by atoms with Gasteiger partial charge >= 0.3 is 0 Å². The van der Waals surface area contributed by atoms with E-state index in [2.05, 4.69) is 5.32 Å². The van der Waals surface area contributed by atoms with Gasteiger partial charge in [-0.05, 0) is 12.1 Å². The minimum Gasteiger partial charge on any atom is -0.495 e. The van der Waals surface area contributed by atoms with Gasteiger partial charge < -0.3 is 15.2 Å². The lowest BCUT2D eigenvalue weighted by Crippen LogP contribution is -2.01. The molecule has 0 saturated heterocycles. The van der Waals surface area contributed by atoms with E-state index in [1.54, 1.807) is 0 Å². The Balaban J connectivity index is 2.95. The number of ether oxygens (including phenoxy) is 1. The monoisotopic (exact) mass is 171 g/mol. The van der Waals surface area contributed by atoms with Gasteiger partial charge in [0.1, 0.15) is 18.3 Å². The van der Waals surface area contributed by atoms with E-state index in [-0.39, 0.29) is 12.5 Å². The molecule has 1 rings (SSSR count). The zero-order chi connectivity index (χ0) is 8.97. The summed E-state index contributed by atoms with van der Waals surface area (Å²) in [4.78, 5) is 0. The van der Waals surface area contributed by atoms with Gasteiger partial charge in [0.25, 0.3) is 0 Å². The molecule has 66 valence electrons. The Bertz CT molecular complexity index is 265. The number of halogens is 1. The summed E-state index contributed by atoms with van der Waals surface area (Å²) >= 11 is 0. The highest BCUT2D eigenvalue weighted by Crippen LogP contribution is 2.24. The number of nitrogens with one attached hydrogen (secondary N) is 1. The van der Waals surface area contributed by atoms with Crippen LogP contribution in [-0.2, 0) is 0 Å². The summed E-state index contributed by atoms with van der Waals surface area (Å²) in [6.07, 6.45) is 0. The van der Waals surface area contributed by atoms with Gasteiger partial charge in [-0.3, -0.25) is 0 Å². The van der Waals surface area contributed by atoms with E-state index in [1.807, 2.05) is 0 Å². The number of hydrogen-bond donors (Lipinski definition) is 2. The van der Waals surface area contributed by atoms with Crippen LogP contribution in [0.4, 0.5) is 10.1 Å². The fourth-order valence-corrected chi connectivity index (χ4v) is 0.904. The first-order valence-electron chi connectivity index (χ1n) is 3.46. The predicted octanol–water partition coefficient (Wildman–Crippen LogP) is 1.20. The molecule has 0 aromatic heterocycles. The highest BCUT2D eigenvalue weighted by molar-refractivity contribution is 5.56. The molecule has 4 heteroatoms. The molecule has 0 spiro atoms. The number of anilines is 1. The van der Waals surface area contributed by atoms with Crippen molar-refractivity contribution >= 4 is 5.69 Å². The topological polar surface area (TPSA) is 41.5 Å². The molecule has 0 unspecified atom stereocenters. The van der Waals surface area contributed by atoms with Gasteiger partial charge in [0, 0.05) is 6.07 Å². The molecular weight excluding hydrogens is 161 g/mol. The molecule has 0 saturated carbocycles. The van der Waals surface area contributed by atoms with Gasteiger partial charge in [0.05, 0.1) is 12.8 Å². The van der Waals surface area contributed by atoms with Crippen LogP contribution in [-0.4, -0.2) is 18.9 Å². The van der Waals surface area contributed by atoms with Crippen LogP contribution in [0.3, 0.4) is 0 Å². The molecule has 0 aliphatic rings. The van der Waals surface area contributed by atoms with Gasteiger partial charge in [-0.2, -0.15) is 0 Å². The molecule has 0 bridgehead atoms. The molecule has 0 heterocycles. The van der Waals surface area contributed by atoms with Crippen molar-refractivity contribution in [2.75, 3.05) is 19.2 Å². The lowest BCUT2D eigenvalue weighted by atomic mass is 10.3. The first-order chi connectivity index (χ1) is 5.77. The summed E-state index contributed by atoms with van der Waals surface area (Å²) in [6.45, 7) is -0.250. The Kier molecular flexibility index (Phi) is 2.88. The van der Waals surface area contributed by atoms with Crippen LogP contribution in [0.1, 0.15) is 0 Å². The molecule has 0 atom stereocenters. The Morgan fingerprint density at radius 3 is 2.92 bits per heavy atom. The molecule has 0 aliphatic carbocycles. The molecule has 1 aromatic rings. The van der Waals surface area contributed by atoms with Crippen molar-refractivity contribution in [2.24, 2.45) is 0 Å². The fraction of sp³-hybridized carbons (Fsp3) is 0.250. The van der Waals surface area contributed by atoms with Gasteiger partial charge in [0.2, 0.25) is 0 Å². The zero-order valence-corrected chi connectivity index (χ0v) is 6.67. The quantitative estimate of drug-likeness (QED) is 0.671. The maximum absolute atomic E-state index is 12.6. The maximum Gasteiger partial charge on any atom is 0.142 e. The van der Waals surface area contributed by atoms with Gasteiger partial charge in [-0.25, -0.2) is 4.39 Å². The van der Waals surface area contributed by atoms with Crippen LogP contribution < -0.4 is 10.1 Å². The van der Waals surface area contributed by atoms with Crippen molar-refractivity contribution in [2.45, 2.75) is 0 Å². The van der Waals surface area contributed by atoms with E-state index in [4.69, 9.17) is 9.84 Å². The number of aliphatic hydroxyl groups excluding tert-OH is 1. The SMILES string of the molecule is COc1ccc(F)cc1NCO. The normalized spacial score (nSPS) is 9.58. The summed E-state index contributed by atoms with van der Waals surface area (Å²) in [5.41, 5.74) is 0.444. The lowest BCUT2D eigenvalue weighted by molar-refractivity contribution is 0.324. The number of benzene rings is 1. The van der Waals surface area contributed by atoms with Gasteiger partial charge in [-0.1, -0.05) is 0 Å². The van der Waals surface area contributed by atoms with E-state index in [9.17, 15) is 4.39 Å². The number of aliphatic hydroxyl groups is 1. The van der Waals surface area contributed by atoms with Crippen molar-refractivity contribution < 1.29 is 14.2 Å². The van der Waals surface area contributed by atoms with Crippen molar-refractivity contribution in [1.82, 2.24) is 0 Å². The Labute approximate surface area is 69.8 Å². The van der Waals surface area contributed by atoms with Crippen LogP contribution in [0, 0.1) is 5.82 Å². The minimum absolute atomic E-state index is 0.250. The molecule has 12 heavy (non-hydrogen) atoms. The van der Waals surface area contributed by atoms with Crippen molar-refractivity contribution in [3.05, 3.63) is 24.0 Å². The lowest BCUT2D eigenvalue weighted by Gasteiger charge is -2.08. The van der Waals surface area contributed by atoms with Crippen LogP contribution >= 0.6 is 0 Å². The largest absolute Gasteiger partial charge is 0.495 e. The van der Waals surface area contributed by atoms with E-state index in [0.717, 1.165) is 0 Å². The van der Waals surface area contributed by atoms with Crippen LogP contribution in [0.15, 0.2) is 18.2 Å². The summed E-state index contributed by atoms with van der Waals surface area (Å²) < 4.78 is 17.5. The van der Waals surface area contributed by atoms with Crippen molar-refractivity contribution in [3.8, 4) is 5.75 Å². The van der Waals surface area contributed by atoms with E-state index < -0.39 is 0 Å². The second-order valence-electron chi connectivity index (χ2n) is 2.18. The third-order valence-corrected chi connectivity index (χ3v) is 1.43. The fourth-order valence-electron chi connectivity index (χ4n) is 0.904. The first-order valence-corrected chi connectivity index (χ1v) is 3.46. The summed E-state index contributed by atoms with van der Waals surface area (Å²) in [6, 6.07) is 4.05. The smallest absolute Gasteiger partial charge is 0.142 e. The average Bonchev–Trinajstić information content (AvgIpc) is 2.05. The van der Waals surface area contributed by atoms with Crippen molar-refractivity contribution in [1.29, 1.82) is 0 Å². The average molecular weight is 171 g/mol. The predicted molar refractivity (Wildman–Crippen MR) is 43.7 cm³/mol. The maximum atomic E-state index is 12.6. The summed E-state index contributed by atoms with van der Waals surface area (Å²) in [5.74, 6) is 0.136. The number of hydrogen-bond acceptors (Lipinski definition) is 3. The summed E-state index contributed by atoms with van der Waals surface area (Å²) in [7, 11) is 1.48. The standard InChI is InChI=1S/C8H10FNO2/c1-12-8-3-2-6(9)4-7(8)10-5-11/h2-4,10-11H,5H2,1H3. The molecular formula is C8H10FNO2. The number of rotatable bonds is 3. The van der Waals surface area contributed by atoms with Crippen LogP contribution in [0.5, 0.6) is 5.75 Å². The van der Waals surface area contributed by atoms with E-state index in [1.165, 1.54) is 25.3 Å². The Hall–Kier alpha value is -1.29. The zero-order valence-electron chi connectivity index (χ0n) is 6.67. The molecule has 0 fully saturated rings. The molecule has 2 N–H and O–H groups in total. The third-order valence-electron chi connectivity index (χ3n) is 1.43. The first kappa shape index (κ1) is 8.80. The Morgan fingerprint density at radius 1 is 1.58 bits per heavy atom. The molecule has 1 aromatic carbocycles. The highest BCUT2D eigenvalue weighted by Gasteiger charge is 2.02. The van der Waals surface area contributed by atoms with Crippen LogP contribution in [0.2, 0.25) is 0 Å². The molecule has 0 amide bonds. The van der Waals surface area contributed by atoms with E-state index in [0.29, 0.717) is 11.4 Å². The second kappa shape index (κ2) is 3.92. The summed E-state index contributed by atoms with van der Waals surface area (Å²) in [5, 5.41) is 11.1. The minimum atomic E-state index is -0.369. The Morgan fingerprint density at radius 2 is 2.33 bits per heavy atom. The van der Waals surface area contributed by atoms with Gasteiger partial charge in [0.15, 0.2) is 0 Å². The molecule has 0 aliphatic heterocycles. The van der Waals surface area contributed by atoms with Gasteiger partial charge in [-0.15, -0.1) is 0 Å².